The summed E-state index contributed by atoms with van der Waals surface area (Å²) in [4.78, 5) is 32.7. The Morgan fingerprint density at radius 2 is 1.68 bits per heavy atom. The summed E-state index contributed by atoms with van der Waals surface area (Å²) in [7, 11) is 0. The van der Waals surface area contributed by atoms with E-state index in [-0.39, 0.29) is 18.4 Å². The van der Waals surface area contributed by atoms with Crippen LogP contribution in [0, 0.1) is 6.92 Å². The van der Waals surface area contributed by atoms with Crippen molar-refractivity contribution in [3.63, 3.8) is 0 Å². The zero-order valence-corrected chi connectivity index (χ0v) is 16.9. The number of benzene rings is 1. The molecule has 0 saturated carbocycles. The van der Waals surface area contributed by atoms with Gasteiger partial charge in [-0.2, -0.15) is 0 Å². The minimum atomic E-state index is -0.523. The lowest BCUT2D eigenvalue weighted by atomic mass is 10.2. The van der Waals surface area contributed by atoms with Crippen LogP contribution in [0.4, 0.5) is 4.79 Å². The Morgan fingerprint density at radius 3 is 2.29 bits per heavy atom. The minimum absolute atomic E-state index is 0.0140. The van der Waals surface area contributed by atoms with E-state index in [2.05, 4.69) is 4.98 Å². The zero-order valence-electron chi connectivity index (χ0n) is 16.9. The average molecular weight is 385 g/mol. The number of oxazole rings is 1. The molecule has 7 heteroatoms. The molecule has 1 aliphatic heterocycles. The van der Waals surface area contributed by atoms with Gasteiger partial charge in [0.25, 0.3) is 0 Å². The van der Waals surface area contributed by atoms with Crippen molar-refractivity contribution in [2.45, 2.75) is 39.7 Å². The number of aryl methyl sites for hydroxylation is 1. The highest BCUT2D eigenvalue weighted by atomic mass is 16.6. The maximum atomic E-state index is 12.7. The average Bonchev–Trinajstić information content (AvgIpc) is 3.02. The van der Waals surface area contributed by atoms with Gasteiger partial charge in [-0.05, 0) is 39.8 Å². The van der Waals surface area contributed by atoms with E-state index < -0.39 is 5.60 Å². The predicted molar refractivity (Wildman–Crippen MR) is 105 cm³/mol. The maximum absolute atomic E-state index is 12.7. The third kappa shape index (κ3) is 4.91. The highest BCUT2D eigenvalue weighted by Gasteiger charge is 2.28. The second-order valence-corrected chi connectivity index (χ2v) is 7.91. The van der Waals surface area contributed by atoms with Crippen molar-refractivity contribution in [2.24, 2.45) is 0 Å². The van der Waals surface area contributed by atoms with Crippen LogP contribution in [0.1, 0.15) is 32.2 Å². The third-order valence-corrected chi connectivity index (χ3v) is 4.52. The molecule has 1 aromatic carbocycles. The van der Waals surface area contributed by atoms with Gasteiger partial charge in [0.05, 0.1) is 12.1 Å². The lowest BCUT2D eigenvalue weighted by Crippen LogP contribution is -2.52. The first-order chi connectivity index (χ1) is 13.2. The lowest BCUT2D eigenvalue weighted by Gasteiger charge is -2.35. The molecule has 1 saturated heterocycles. The van der Waals surface area contributed by atoms with Gasteiger partial charge in [0.15, 0.2) is 0 Å². The van der Waals surface area contributed by atoms with Crippen LogP contribution in [-0.2, 0) is 16.0 Å². The van der Waals surface area contributed by atoms with Crippen molar-refractivity contribution in [1.82, 2.24) is 14.8 Å². The van der Waals surface area contributed by atoms with Crippen molar-refractivity contribution in [3.8, 4) is 11.5 Å². The Hall–Kier alpha value is -2.83. The van der Waals surface area contributed by atoms with Crippen molar-refractivity contribution >= 4 is 12.0 Å². The normalized spacial score (nSPS) is 14.9. The van der Waals surface area contributed by atoms with Gasteiger partial charge < -0.3 is 19.0 Å². The van der Waals surface area contributed by atoms with Crippen LogP contribution in [0.5, 0.6) is 0 Å². The van der Waals surface area contributed by atoms with Crippen LogP contribution in [0.2, 0.25) is 0 Å². The molecule has 0 radical (unpaired) electrons. The molecule has 7 nitrogen and oxygen atoms in total. The molecule has 150 valence electrons. The van der Waals surface area contributed by atoms with Crippen molar-refractivity contribution < 1.29 is 18.7 Å². The number of hydrogen-bond donors (Lipinski definition) is 0. The molecule has 3 rings (SSSR count). The van der Waals surface area contributed by atoms with Crippen molar-refractivity contribution in [2.75, 3.05) is 26.2 Å². The highest BCUT2D eigenvalue weighted by Crippen LogP contribution is 2.22. The van der Waals surface area contributed by atoms with Crippen LogP contribution >= 0.6 is 0 Å². The Morgan fingerprint density at radius 1 is 1.07 bits per heavy atom. The Balaban J connectivity index is 1.57. The first-order valence-electron chi connectivity index (χ1n) is 9.50. The molecular weight excluding hydrogens is 358 g/mol. The molecule has 1 aliphatic rings. The molecule has 0 bridgehead atoms. The van der Waals surface area contributed by atoms with Gasteiger partial charge in [0.1, 0.15) is 11.4 Å². The van der Waals surface area contributed by atoms with E-state index in [4.69, 9.17) is 9.15 Å². The predicted octanol–water partition coefficient (Wildman–Crippen LogP) is 3.27. The molecule has 28 heavy (non-hydrogen) atoms. The van der Waals surface area contributed by atoms with Gasteiger partial charge in [-0.15, -0.1) is 0 Å². The second-order valence-electron chi connectivity index (χ2n) is 7.91. The summed E-state index contributed by atoms with van der Waals surface area (Å²) in [6.07, 6.45) is -0.145. The number of aromatic nitrogens is 1. The second kappa shape index (κ2) is 8.04. The molecule has 2 amide bonds. The zero-order chi connectivity index (χ0) is 20.3. The lowest BCUT2D eigenvalue weighted by molar-refractivity contribution is -0.132. The fourth-order valence-electron chi connectivity index (χ4n) is 3.02. The third-order valence-electron chi connectivity index (χ3n) is 4.52. The Kier molecular flexibility index (Phi) is 5.72. The number of carbonyl (C=O) groups excluding carboxylic acids is 2. The van der Waals surface area contributed by atoms with Crippen LogP contribution in [0.3, 0.4) is 0 Å². The fourth-order valence-corrected chi connectivity index (χ4v) is 3.02. The van der Waals surface area contributed by atoms with Crippen LogP contribution in [0.25, 0.3) is 11.5 Å². The standard InChI is InChI=1S/C21H27N3O4/c1-15-17(22-19(27-15)16-8-6-5-7-9-16)14-18(25)23-10-12-24(13-11-23)20(26)28-21(2,3)4/h5-9H,10-14H2,1-4H3. The number of ether oxygens (including phenoxy) is 1. The van der Waals surface area contributed by atoms with Gasteiger partial charge in [-0.25, -0.2) is 9.78 Å². The molecule has 0 N–H and O–H groups in total. The van der Waals surface area contributed by atoms with Crippen LogP contribution < -0.4 is 0 Å². The highest BCUT2D eigenvalue weighted by molar-refractivity contribution is 5.79. The SMILES string of the molecule is Cc1oc(-c2ccccc2)nc1CC(=O)N1CCN(C(=O)OC(C)(C)C)CC1. The van der Waals surface area contributed by atoms with Gasteiger partial charge in [-0.3, -0.25) is 4.79 Å². The molecule has 0 unspecified atom stereocenters. The van der Waals surface area contributed by atoms with E-state index in [1.165, 1.54) is 0 Å². The molecular formula is C21H27N3O4. The van der Waals surface area contributed by atoms with Crippen molar-refractivity contribution in [3.05, 3.63) is 41.8 Å². The number of carbonyl (C=O) groups is 2. The molecule has 1 aromatic heterocycles. The largest absolute Gasteiger partial charge is 0.444 e. The molecule has 0 spiro atoms. The summed E-state index contributed by atoms with van der Waals surface area (Å²) >= 11 is 0. The van der Waals surface area contributed by atoms with Gasteiger partial charge in [-0.1, -0.05) is 18.2 Å². The molecule has 1 fully saturated rings. The van der Waals surface area contributed by atoms with E-state index in [0.29, 0.717) is 43.5 Å². The smallest absolute Gasteiger partial charge is 0.410 e. The number of piperazine rings is 1. The summed E-state index contributed by atoms with van der Waals surface area (Å²) in [5.41, 5.74) is 1.01. The summed E-state index contributed by atoms with van der Waals surface area (Å²) in [6.45, 7) is 9.25. The molecule has 2 heterocycles. The minimum Gasteiger partial charge on any atom is -0.444 e. The molecule has 2 aromatic rings. The summed E-state index contributed by atoms with van der Waals surface area (Å²) in [5, 5.41) is 0. The van der Waals surface area contributed by atoms with Crippen LogP contribution in [0.15, 0.2) is 34.7 Å². The van der Waals surface area contributed by atoms with E-state index in [9.17, 15) is 9.59 Å². The van der Waals surface area contributed by atoms with Gasteiger partial charge in [0, 0.05) is 31.7 Å². The van der Waals surface area contributed by atoms with Gasteiger partial charge >= 0.3 is 6.09 Å². The first-order valence-corrected chi connectivity index (χ1v) is 9.50. The van der Waals surface area contributed by atoms with E-state index >= 15 is 0 Å². The van der Waals surface area contributed by atoms with Gasteiger partial charge in [0.2, 0.25) is 11.8 Å². The quantitative estimate of drug-likeness (QED) is 0.810. The topological polar surface area (TPSA) is 75.9 Å². The van der Waals surface area contributed by atoms with Crippen LogP contribution in [-0.4, -0.2) is 58.6 Å². The van der Waals surface area contributed by atoms with E-state index in [1.807, 2.05) is 58.0 Å². The summed E-state index contributed by atoms with van der Waals surface area (Å²) in [6, 6.07) is 9.62. The summed E-state index contributed by atoms with van der Waals surface area (Å²) in [5.74, 6) is 1.16. The van der Waals surface area contributed by atoms with Crippen molar-refractivity contribution in [1.29, 1.82) is 0 Å². The fraction of sp³-hybridized carbons (Fsp3) is 0.476. The maximum Gasteiger partial charge on any atom is 0.410 e. The number of amides is 2. The number of hydrogen-bond acceptors (Lipinski definition) is 5. The monoisotopic (exact) mass is 385 g/mol. The Bertz CT molecular complexity index is 831. The molecule has 0 atom stereocenters. The number of nitrogens with zero attached hydrogens (tertiary/aromatic N) is 3. The summed E-state index contributed by atoms with van der Waals surface area (Å²) < 4.78 is 11.1. The Labute approximate surface area is 165 Å². The number of rotatable bonds is 3. The van der Waals surface area contributed by atoms with E-state index in [0.717, 1.165) is 5.56 Å². The van der Waals surface area contributed by atoms with E-state index in [1.54, 1.807) is 9.80 Å². The first kappa shape index (κ1) is 19.9. The molecule has 0 aliphatic carbocycles.